The molecule has 1 N–H and O–H groups in total. The first-order chi connectivity index (χ1) is 10.1. The van der Waals surface area contributed by atoms with Crippen LogP contribution in [-0.4, -0.2) is 56.9 Å². The maximum atomic E-state index is 12.7. The normalized spacial score (nSPS) is 18.0. The molecule has 0 saturated carbocycles. The molecule has 0 radical (unpaired) electrons. The molecule has 1 heterocycles. The van der Waals surface area contributed by atoms with Crippen LogP contribution >= 0.6 is 0 Å². The molecule has 5 nitrogen and oxygen atoms in total. The van der Waals surface area contributed by atoms with Crippen LogP contribution in [0.15, 0.2) is 29.2 Å². The largest absolute Gasteiger partial charge is 0.313 e. The fourth-order valence-corrected chi connectivity index (χ4v) is 4.01. The van der Waals surface area contributed by atoms with Gasteiger partial charge in [-0.25, -0.2) is 8.42 Å². The number of likely N-dealkylation sites (N-methyl/N-ethyl adjacent to an activating group) is 1. The molecule has 6 heteroatoms. The van der Waals surface area contributed by atoms with E-state index >= 15 is 0 Å². The summed E-state index contributed by atoms with van der Waals surface area (Å²) in [5.41, 5.74) is 1.00. The van der Waals surface area contributed by atoms with E-state index in [-0.39, 0.29) is 0 Å². The van der Waals surface area contributed by atoms with Crippen LogP contribution in [0.5, 0.6) is 0 Å². The van der Waals surface area contributed by atoms with Crippen molar-refractivity contribution in [2.75, 3.05) is 39.3 Å². The van der Waals surface area contributed by atoms with Crippen LogP contribution in [0.25, 0.3) is 0 Å². The van der Waals surface area contributed by atoms with E-state index in [1.165, 1.54) is 0 Å². The van der Waals surface area contributed by atoms with Crippen molar-refractivity contribution < 1.29 is 8.42 Å². The summed E-state index contributed by atoms with van der Waals surface area (Å²) >= 11 is 0. The minimum Gasteiger partial charge on any atom is -0.313 e. The summed E-state index contributed by atoms with van der Waals surface area (Å²) in [7, 11) is -3.36. The second kappa shape index (κ2) is 7.35. The van der Waals surface area contributed by atoms with Crippen molar-refractivity contribution in [1.29, 1.82) is 0 Å². The summed E-state index contributed by atoms with van der Waals surface area (Å²) in [6, 6.07) is 7.25. The highest BCUT2D eigenvalue weighted by Gasteiger charge is 2.27. The van der Waals surface area contributed by atoms with Crippen molar-refractivity contribution in [1.82, 2.24) is 14.5 Å². The Morgan fingerprint density at radius 1 is 1.14 bits per heavy atom. The molecule has 0 aromatic heterocycles. The number of hydrogen-bond donors (Lipinski definition) is 1. The second-order valence-electron chi connectivity index (χ2n) is 5.27. The molecule has 0 bridgehead atoms. The number of sulfonamides is 1. The number of piperazine rings is 1. The van der Waals surface area contributed by atoms with Gasteiger partial charge in [0.1, 0.15) is 0 Å². The minimum absolute atomic E-state index is 0.405. The molecule has 0 amide bonds. The van der Waals surface area contributed by atoms with Crippen LogP contribution in [0.1, 0.15) is 19.4 Å². The van der Waals surface area contributed by atoms with Gasteiger partial charge in [-0.15, -0.1) is 0 Å². The summed E-state index contributed by atoms with van der Waals surface area (Å²) in [6.07, 6.45) is 0. The molecule has 2 rings (SSSR count). The number of nitrogens with zero attached hydrogens (tertiary/aromatic N) is 2. The molecule has 0 atom stereocenters. The van der Waals surface area contributed by atoms with Crippen LogP contribution in [0.4, 0.5) is 0 Å². The van der Waals surface area contributed by atoms with Crippen molar-refractivity contribution in [3.8, 4) is 0 Å². The van der Waals surface area contributed by atoms with E-state index in [0.717, 1.165) is 31.7 Å². The zero-order chi connectivity index (χ0) is 15.3. The molecular weight excluding hydrogens is 286 g/mol. The Bertz CT molecular complexity index is 552. The van der Waals surface area contributed by atoms with Gasteiger partial charge in [0.15, 0.2) is 0 Å². The number of nitrogens with one attached hydrogen (secondary N) is 1. The lowest BCUT2D eigenvalue weighted by Gasteiger charge is -2.33. The summed E-state index contributed by atoms with van der Waals surface area (Å²) < 4.78 is 27.0. The Morgan fingerprint density at radius 3 is 2.48 bits per heavy atom. The first-order valence-electron chi connectivity index (χ1n) is 7.60. The van der Waals surface area contributed by atoms with E-state index in [0.29, 0.717) is 24.5 Å². The Labute approximate surface area is 128 Å². The van der Waals surface area contributed by atoms with Crippen LogP contribution in [-0.2, 0) is 16.6 Å². The monoisotopic (exact) mass is 311 g/mol. The topological polar surface area (TPSA) is 52.7 Å². The third-order valence-electron chi connectivity index (χ3n) is 3.89. The summed E-state index contributed by atoms with van der Waals surface area (Å²) in [6.45, 7) is 9.47. The van der Waals surface area contributed by atoms with Crippen molar-refractivity contribution in [2.24, 2.45) is 0 Å². The highest BCUT2D eigenvalue weighted by atomic mass is 32.2. The van der Waals surface area contributed by atoms with Gasteiger partial charge >= 0.3 is 0 Å². The van der Waals surface area contributed by atoms with Crippen LogP contribution in [0.2, 0.25) is 0 Å². The van der Waals surface area contributed by atoms with Crippen molar-refractivity contribution in [2.45, 2.75) is 25.3 Å². The van der Waals surface area contributed by atoms with Crippen molar-refractivity contribution in [3.05, 3.63) is 29.8 Å². The Hall–Kier alpha value is -0.950. The van der Waals surface area contributed by atoms with Crippen molar-refractivity contribution >= 4 is 10.0 Å². The molecule has 1 fully saturated rings. The van der Waals surface area contributed by atoms with Crippen LogP contribution < -0.4 is 5.32 Å². The quantitative estimate of drug-likeness (QED) is 0.855. The summed E-state index contributed by atoms with van der Waals surface area (Å²) in [5, 5.41) is 3.22. The predicted octanol–water partition coefficient (Wildman–Crippen LogP) is 1.12. The van der Waals surface area contributed by atoms with E-state index in [4.69, 9.17) is 0 Å². The molecule has 0 unspecified atom stereocenters. The zero-order valence-electron chi connectivity index (χ0n) is 12.9. The summed E-state index contributed by atoms with van der Waals surface area (Å²) in [4.78, 5) is 2.68. The van der Waals surface area contributed by atoms with E-state index < -0.39 is 10.0 Å². The van der Waals surface area contributed by atoms with Gasteiger partial charge in [0, 0.05) is 32.7 Å². The highest BCUT2D eigenvalue weighted by molar-refractivity contribution is 7.89. The number of benzene rings is 1. The van der Waals surface area contributed by atoms with Crippen LogP contribution in [0.3, 0.4) is 0 Å². The highest BCUT2D eigenvalue weighted by Crippen LogP contribution is 2.18. The molecule has 0 spiro atoms. The van der Waals surface area contributed by atoms with Gasteiger partial charge < -0.3 is 10.2 Å². The van der Waals surface area contributed by atoms with E-state index in [2.05, 4.69) is 17.1 Å². The average Bonchev–Trinajstić information content (AvgIpc) is 2.53. The molecule has 1 aliphatic rings. The lowest BCUT2D eigenvalue weighted by molar-refractivity contribution is 0.196. The second-order valence-corrected chi connectivity index (χ2v) is 7.20. The molecular formula is C15H25N3O2S. The summed E-state index contributed by atoms with van der Waals surface area (Å²) in [5.74, 6) is 0. The standard InChI is InChI=1S/C15H25N3O2S/c1-3-16-13-14-6-5-7-15(12-14)21(19,20)18-10-8-17(4-2)9-11-18/h5-7,12,16H,3-4,8-11,13H2,1-2H3. The van der Waals surface area contributed by atoms with E-state index in [1.807, 2.05) is 19.1 Å². The Morgan fingerprint density at radius 2 is 1.86 bits per heavy atom. The van der Waals surface area contributed by atoms with Crippen LogP contribution in [0, 0.1) is 0 Å². The first-order valence-corrected chi connectivity index (χ1v) is 9.04. The molecule has 1 aromatic carbocycles. The molecule has 1 aromatic rings. The Kier molecular flexibility index (Phi) is 5.75. The lowest BCUT2D eigenvalue weighted by atomic mass is 10.2. The molecule has 0 aliphatic carbocycles. The third-order valence-corrected chi connectivity index (χ3v) is 5.79. The third kappa shape index (κ3) is 4.03. The van der Waals surface area contributed by atoms with Gasteiger partial charge in [0.2, 0.25) is 10.0 Å². The van der Waals surface area contributed by atoms with Gasteiger partial charge in [-0.2, -0.15) is 4.31 Å². The van der Waals surface area contributed by atoms with Gasteiger partial charge in [-0.05, 0) is 30.8 Å². The predicted molar refractivity (Wildman–Crippen MR) is 84.7 cm³/mol. The van der Waals surface area contributed by atoms with E-state index in [9.17, 15) is 8.42 Å². The fourth-order valence-electron chi connectivity index (χ4n) is 2.52. The number of rotatable bonds is 6. The minimum atomic E-state index is -3.36. The van der Waals surface area contributed by atoms with Gasteiger partial charge in [-0.1, -0.05) is 26.0 Å². The average molecular weight is 311 g/mol. The molecule has 1 saturated heterocycles. The maximum absolute atomic E-state index is 12.7. The van der Waals surface area contributed by atoms with Crippen molar-refractivity contribution in [3.63, 3.8) is 0 Å². The fraction of sp³-hybridized carbons (Fsp3) is 0.600. The lowest BCUT2D eigenvalue weighted by Crippen LogP contribution is -2.48. The number of hydrogen-bond acceptors (Lipinski definition) is 4. The van der Waals surface area contributed by atoms with Gasteiger partial charge in [0.05, 0.1) is 4.90 Å². The smallest absolute Gasteiger partial charge is 0.243 e. The maximum Gasteiger partial charge on any atom is 0.243 e. The molecule has 118 valence electrons. The van der Waals surface area contributed by atoms with Gasteiger partial charge in [0.25, 0.3) is 0 Å². The Balaban J connectivity index is 2.12. The van der Waals surface area contributed by atoms with Gasteiger partial charge in [-0.3, -0.25) is 0 Å². The zero-order valence-corrected chi connectivity index (χ0v) is 13.7. The van der Waals surface area contributed by atoms with E-state index in [1.54, 1.807) is 16.4 Å². The molecule has 21 heavy (non-hydrogen) atoms. The first kappa shape index (κ1) is 16.4. The molecule has 1 aliphatic heterocycles. The SMILES string of the molecule is CCNCc1cccc(S(=O)(=O)N2CCN(CC)CC2)c1.